The highest BCUT2D eigenvalue weighted by Crippen LogP contribution is 2.24. The molecule has 0 bridgehead atoms. The molecule has 0 aliphatic carbocycles. The summed E-state index contributed by atoms with van der Waals surface area (Å²) in [6.45, 7) is 0. The van der Waals surface area contributed by atoms with Gasteiger partial charge in [0.1, 0.15) is 6.33 Å². The predicted octanol–water partition coefficient (Wildman–Crippen LogP) is 1.62. The molecule has 0 radical (unpaired) electrons. The van der Waals surface area contributed by atoms with Crippen molar-refractivity contribution in [1.29, 1.82) is 0 Å². The van der Waals surface area contributed by atoms with E-state index < -0.39 is 10.0 Å². The van der Waals surface area contributed by atoms with Gasteiger partial charge in [-0.05, 0) is 12.1 Å². The quantitative estimate of drug-likeness (QED) is 0.786. The van der Waals surface area contributed by atoms with Gasteiger partial charge in [0.15, 0.2) is 0 Å². The third-order valence-electron chi connectivity index (χ3n) is 1.75. The van der Waals surface area contributed by atoms with E-state index in [4.69, 9.17) is 0 Å². The minimum atomic E-state index is -4.19. The van der Waals surface area contributed by atoms with Crippen LogP contribution < -0.4 is 4.53 Å². The highest BCUT2D eigenvalue weighted by atomic mass is 32.2. The summed E-state index contributed by atoms with van der Waals surface area (Å²) in [6, 6.07) is 7.29. The smallest absolute Gasteiger partial charge is 0.204 e. The Morgan fingerprint density at radius 1 is 1.25 bits per heavy atom. The Hall–Kier alpha value is -1.54. The molecule has 8 heteroatoms. The fourth-order valence-corrected chi connectivity index (χ4v) is 2.71. The molecule has 1 aromatic heterocycles. The first kappa shape index (κ1) is 11.0. The van der Waals surface area contributed by atoms with Crippen molar-refractivity contribution in [1.82, 2.24) is 9.36 Å². The van der Waals surface area contributed by atoms with Crippen LogP contribution in [0, 0.1) is 0 Å². The zero-order valence-electron chi connectivity index (χ0n) is 7.82. The highest BCUT2D eigenvalue weighted by molar-refractivity contribution is 7.92. The number of nitrogens with zero attached hydrogens (tertiary/aromatic N) is 3. The Kier molecular flexibility index (Phi) is 2.84. The van der Waals surface area contributed by atoms with Crippen molar-refractivity contribution in [3.8, 4) is 0 Å². The molecule has 1 aromatic carbocycles. The van der Waals surface area contributed by atoms with Crippen molar-refractivity contribution in [3.05, 3.63) is 36.7 Å². The maximum absolute atomic E-state index is 13.6. The molecule has 84 valence electrons. The molecule has 0 atom stereocenters. The first-order valence-electron chi connectivity index (χ1n) is 4.15. The van der Waals surface area contributed by atoms with Gasteiger partial charge in [-0.1, -0.05) is 27.2 Å². The standard InChI is InChI=1S/C8H6FN3O2S2/c9-12(8-10-6-11-15-8)16(13,14)7-4-2-1-3-5-7/h1-6H. The normalized spacial score (nSPS) is 11.3. The van der Waals surface area contributed by atoms with Crippen molar-refractivity contribution < 1.29 is 12.9 Å². The van der Waals surface area contributed by atoms with Crippen LogP contribution in [0.25, 0.3) is 0 Å². The molecule has 1 heterocycles. The summed E-state index contributed by atoms with van der Waals surface area (Å²) in [6.07, 6.45) is 1.09. The van der Waals surface area contributed by atoms with E-state index in [2.05, 4.69) is 9.36 Å². The van der Waals surface area contributed by atoms with Crippen LogP contribution >= 0.6 is 11.5 Å². The van der Waals surface area contributed by atoms with Crippen LogP contribution in [0.5, 0.6) is 0 Å². The van der Waals surface area contributed by atoms with Crippen LogP contribution in [0.2, 0.25) is 0 Å². The lowest BCUT2D eigenvalue weighted by atomic mass is 10.4. The Labute approximate surface area is 95.3 Å². The van der Waals surface area contributed by atoms with Crippen LogP contribution in [-0.4, -0.2) is 17.8 Å². The van der Waals surface area contributed by atoms with Gasteiger partial charge in [-0.25, -0.2) is 4.98 Å². The average Bonchev–Trinajstić information content (AvgIpc) is 2.82. The molecule has 0 unspecified atom stereocenters. The molecule has 0 aliphatic rings. The molecule has 0 N–H and O–H groups in total. The summed E-state index contributed by atoms with van der Waals surface area (Å²) in [5.74, 6) is 0. The third-order valence-corrected chi connectivity index (χ3v) is 3.96. The topological polar surface area (TPSA) is 63.2 Å². The van der Waals surface area contributed by atoms with Gasteiger partial charge in [0.25, 0.3) is 15.2 Å². The van der Waals surface area contributed by atoms with Crippen LogP contribution in [-0.2, 0) is 10.0 Å². The largest absolute Gasteiger partial charge is 0.292 e. The lowest BCUT2D eigenvalue weighted by molar-refractivity contribution is 0.494. The fourth-order valence-electron chi connectivity index (χ4n) is 1.03. The number of benzene rings is 1. The predicted molar refractivity (Wildman–Crippen MR) is 57.1 cm³/mol. The molecule has 5 nitrogen and oxygen atoms in total. The second-order valence-electron chi connectivity index (χ2n) is 2.76. The monoisotopic (exact) mass is 259 g/mol. The molecule has 2 aromatic rings. The summed E-state index contributed by atoms with van der Waals surface area (Å²) in [5, 5.41) is -0.316. The van der Waals surface area contributed by atoms with E-state index in [-0.39, 0.29) is 14.6 Å². The fraction of sp³-hybridized carbons (Fsp3) is 0. The maximum Gasteiger partial charge on any atom is 0.292 e. The molecule has 0 aliphatic heterocycles. The minimum Gasteiger partial charge on any atom is -0.204 e. The van der Waals surface area contributed by atoms with Gasteiger partial charge in [0.05, 0.1) is 4.90 Å². The van der Waals surface area contributed by atoms with E-state index in [9.17, 15) is 12.9 Å². The summed E-state index contributed by atoms with van der Waals surface area (Å²) in [5.41, 5.74) is 0. The molecule has 0 saturated heterocycles. The third kappa shape index (κ3) is 1.89. The van der Waals surface area contributed by atoms with E-state index in [0.29, 0.717) is 11.5 Å². The minimum absolute atomic E-state index is 0.132. The molecular weight excluding hydrogens is 253 g/mol. The van der Waals surface area contributed by atoms with Crippen molar-refractivity contribution in [2.45, 2.75) is 4.90 Å². The number of aromatic nitrogens is 2. The van der Waals surface area contributed by atoms with Crippen LogP contribution in [0.4, 0.5) is 9.61 Å². The van der Waals surface area contributed by atoms with Crippen molar-refractivity contribution in [3.63, 3.8) is 0 Å². The van der Waals surface area contributed by atoms with E-state index in [1.807, 2.05) is 0 Å². The second kappa shape index (κ2) is 4.14. The molecule has 0 spiro atoms. The zero-order chi connectivity index (χ0) is 11.6. The van der Waals surface area contributed by atoms with E-state index in [0.717, 1.165) is 6.33 Å². The Morgan fingerprint density at radius 2 is 1.94 bits per heavy atom. The van der Waals surface area contributed by atoms with E-state index in [1.165, 1.54) is 24.3 Å². The summed E-state index contributed by atoms with van der Waals surface area (Å²) < 4.78 is 40.2. The lowest BCUT2D eigenvalue weighted by Crippen LogP contribution is -2.22. The number of halogens is 1. The average molecular weight is 259 g/mol. The van der Waals surface area contributed by atoms with Gasteiger partial charge >= 0.3 is 0 Å². The first-order valence-corrected chi connectivity index (χ1v) is 6.36. The number of sulfonamides is 1. The first-order chi connectivity index (χ1) is 7.62. The van der Waals surface area contributed by atoms with E-state index in [1.54, 1.807) is 6.07 Å². The van der Waals surface area contributed by atoms with Crippen molar-refractivity contribution >= 4 is 26.7 Å². The molecule has 16 heavy (non-hydrogen) atoms. The molecule has 0 amide bonds. The van der Waals surface area contributed by atoms with Gasteiger partial charge in [-0.3, -0.25) is 0 Å². The Balaban J connectivity index is 2.41. The van der Waals surface area contributed by atoms with Crippen molar-refractivity contribution in [2.24, 2.45) is 0 Å². The zero-order valence-corrected chi connectivity index (χ0v) is 9.45. The van der Waals surface area contributed by atoms with Gasteiger partial charge in [0, 0.05) is 11.5 Å². The molecular formula is C8H6FN3O2S2. The number of anilines is 1. The maximum atomic E-state index is 13.6. The number of rotatable bonds is 3. The molecule has 0 saturated carbocycles. The van der Waals surface area contributed by atoms with Crippen LogP contribution in [0.15, 0.2) is 41.6 Å². The van der Waals surface area contributed by atoms with Gasteiger partial charge < -0.3 is 0 Å². The summed E-state index contributed by atoms with van der Waals surface area (Å²) >= 11 is 0.663. The van der Waals surface area contributed by atoms with Gasteiger partial charge in [-0.2, -0.15) is 12.8 Å². The van der Waals surface area contributed by atoms with Crippen molar-refractivity contribution in [2.75, 3.05) is 4.53 Å². The molecule has 0 fully saturated rings. The van der Waals surface area contributed by atoms with Crippen LogP contribution in [0.1, 0.15) is 0 Å². The van der Waals surface area contributed by atoms with Gasteiger partial charge in [-0.15, -0.1) is 0 Å². The lowest BCUT2D eigenvalue weighted by Gasteiger charge is -2.09. The Morgan fingerprint density at radius 3 is 2.50 bits per heavy atom. The molecule has 2 rings (SSSR count). The number of hydrogen-bond acceptors (Lipinski definition) is 5. The van der Waals surface area contributed by atoms with Crippen LogP contribution in [0.3, 0.4) is 0 Å². The van der Waals surface area contributed by atoms with Gasteiger partial charge in [0.2, 0.25) is 0 Å². The summed E-state index contributed by atoms with van der Waals surface area (Å²) in [7, 11) is -4.19. The second-order valence-corrected chi connectivity index (χ2v) is 5.26. The SMILES string of the molecule is O=S(=O)(c1ccccc1)N(F)c1ncns1. The van der Waals surface area contributed by atoms with E-state index >= 15 is 0 Å². The Bertz CT molecular complexity index is 556. The number of hydrogen-bond donors (Lipinski definition) is 0. The highest BCUT2D eigenvalue weighted by Gasteiger charge is 2.27. The summed E-state index contributed by atoms with van der Waals surface area (Å²) in [4.78, 5) is 3.36.